The minimum Gasteiger partial charge on any atom is -0.357 e. The molecule has 0 amide bonds. The van der Waals surface area contributed by atoms with Crippen LogP contribution in [-0.4, -0.2) is 23.1 Å². The van der Waals surface area contributed by atoms with Gasteiger partial charge in [0.1, 0.15) is 11.6 Å². The molecule has 0 aliphatic carbocycles. The highest BCUT2D eigenvalue weighted by Gasteiger charge is 2.16. The Balaban J connectivity index is 1.70. The third-order valence-electron chi connectivity index (χ3n) is 4.39. The van der Waals surface area contributed by atoms with Gasteiger partial charge in [-0.3, -0.25) is 0 Å². The highest BCUT2D eigenvalue weighted by Crippen LogP contribution is 2.28. The quantitative estimate of drug-likeness (QED) is 0.707. The van der Waals surface area contributed by atoms with Gasteiger partial charge in [-0.25, -0.2) is 9.37 Å². The van der Waals surface area contributed by atoms with Crippen molar-refractivity contribution < 1.29 is 8.78 Å². The van der Waals surface area contributed by atoms with E-state index < -0.39 is 5.95 Å². The molecule has 118 valence electrons. The Labute approximate surface area is 133 Å². The van der Waals surface area contributed by atoms with E-state index in [4.69, 9.17) is 0 Å². The molecule has 1 fully saturated rings. The van der Waals surface area contributed by atoms with E-state index in [1.54, 1.807) is 12.1 Å². The van der Waals surface area contributed by atoms with E-state index in [0.29, 0.717) is 22.6 Å². The van der Waals surface area contributed by atoms with Crippen LogP contribution in [0.3, 0.4) is 0 Å². The lowest BCUT2D eigenvalue weighted by Crippen LogP contribution is -2.30. The first-order chi connectivity index (χ1) is 11.2. The molecule has 1 aromatic carbocycles. The Bertz CT molecular complexity index is 851. The van der Waals surface area contributed by atoms with Crippen LogP contribution in [0.4, 0.5) is 14.6 Å². The Kier molecular flexibility index (Phi) is 3.48. The minimum atomic E-state index is -0.500. The largest absolute Gasteiger partial charge is 0.357 e. The predicted molar refractivity (Wildman–Crippen MR) is 87.5 cm³/mol. The number of fused-ring (bicyclic) bond motifs is 1. The van der Waals surface area contributed by atoms with Crippen molar-refractivity contribution in [3.05, 3.63) is 48.2 Å². The maximum absolute atomic E-state index is 14.5. The molecule has 1 aliphatic heterocycles. The molecular weight excluding hydrogens is 296 g/mol. The maximum Gasteiger partial charge on any atom is 0.224 e. The van der Waals surface area contributed by atoms with Crippen LogP contribution < -0.4 is 4.90 Å². The normalized spacial score (nSPS) is 15.3. The highest BCUT2D eigenvalue weighted by molar-refractivity contribution is 5.85. The van der Waals surface area contributed by atoms with Gasteiger partial charge in [-0.15, -0.1) is 0 Å². The van der Waals surface area contributed by atoms with Crippen molar-refractivity contribution in [2.24, 2.45) is 0 Å². The Morgan fingerprint density at radius 1 is 0.957 bits per heavy atom. The van der Waals surface area contributed by atoms with Gasteiger partial charge in [-0.2, -0.15) is 4.39 Å². The fourth-order valence-electron chi connectivity index (χ4n) is 3.17. The van der Waals surface area contributed by atoms with Crippen LogP contribution in [0.1, 0.15) is 19.3 Å². The zero-order valence-corrected chi connectivity index (χ0v) is 12.6. The lowest BCUT2D eigenvalue weighted by atomic mass is 10.1. The van der Waals surface area contributed by atoms with Gasteiger partial charge in [0.25, 0.3) is 0 Å². The van der Waals surface area contributed by atoms with Gasteiger partial charge in [-0.05, 0) is 55.7 Å². The summed E-state index contributed by atoms with van der Waals surface area (Å²) in [4.78, 5) is 9.31. The van der Waals surface area contributed by atoms with Gasteiger partial charge < -0.3 is 9.88 Å². The number of nitrogens with zero attached hydrogens (tertiary/aromatic N) is 2. The Hall–Kier alpha value is -2.43. The summed E-state index contributed by atoms with van der Waals surface area (Å²) in [6.07, 6.45) is 3.47. The summed E-state index contributed by atoms with van der Waals surface area (Å²) >= 11 is 0. The molecule has 0 unspecified atom stereocenters. The second-order valence-electron chi connectivity index (χ2n) is 5.97. The number of halogens is 2. The summed E-state index contributed by atoms with van der Waals surface area (Å²) in [5.74, 6) is -0.127. The predicted octanol–water partition coefficient (Wildman–Crippen LogP) is 4.50. The molecule has 0 atom stereocenters. The molecule has 1 aliphatic rings. The number of aromatic nitrogens is 2. The first-order valence-electron chi connectivity index (χ1n) is 7.91. The van der Waals surface area contributed by atoms with Gasteiger partial charge in [-0.1, -0.05) is 0 Å². The first kappa shape index (κ1) is 14.2. The Morgan fingerprint density at radius 3 is 2.57 bits per heavy atom. The third-order valence-corrected chi connectivity index (χ3v) is 4.39. The van der Waals surface area contributed by atoms with Gasteiger partial charge in [0.2, 0.25) is 5.95 Å². The molecule has 0 spiro atoms. The summed E-state index contributed by atoms with van der Waals surface area (Å²) in [5, 5.41) is 0.848. The number of piperidine rings is 1. The number of benzene rings is 1. The van der Waals surface area contributed by atoms with E-state index in [0.717, 1.165) is 31.3 Å². The number of rotatable bonds is 2. The molecule has 5 heteroatoms. The summed E-state index contributed by atoms with van der Waals surface area (Å²) in [7, 11) is 0. The fourth-order valence-corrected chi connectivity index (χ4v) is 3.17. The number of aromatic amines is 1. The average molecular weight is 313 g/mol. The maximum atomic E-state index is 14.5. The zero-order valence-electron chi connectivity index (χ0n) is 12.6. The first-order valence-corrected chi connectivity index (χ1v) is 7.91. The van der Waals surface area contributed by atoms with Crippen molar-refractivity contribution >= 4 is 16.7 Å². The van der Waals surface area contributed by atoms with Crippen LogP contribution in [0.25, 0.3) is 22.2 Å². The molecule has 3 aromatic rings. The molecule has 1 N–H and O–H groups in total. The van der Waals surface area contributed by atoms with Crippen LogP contribution in [0.2, 0.25) is 0 Å². The van der Waals surface area contributed by atoms with E-state index in [2.05, 4.69) is 14.9 Å². The molecule has 1 saturated heterocycles. The van der Waals surface area contributed by atoms with E-state index in [-0.39, 0.29) is 5.82 Å². The number of nitrogens with one attached hydrogen (secondary N) is 1. The lowest BCUT2D eigenvalue weighted by Gasteiger charge is -2.27. The molecule has 3 heterocycles. The van der Waals surface area contributed by atoms with Crippen LogP contribution in [-0.2, 0) is 0 Å². The van der Waals surface area contributed by atoms with Crippen molar-refractivity contribution in [3.63, 3.8) is 0 Å². The van der Waals surface area contributed by atoms with Crippen molar-refractivity contribution in [3.8, 4) is 11.3 Å². The van der Waals surface area contributed by atoms with E-state index in [1.807, 2.05) is 12.1 Å². The van der Waals surface area contributed by atoms with Gasteiger partial charge in [0, 0.05) is 24.0 Å². The summed E-state index contributed by atoms with van der Waals surface area (Å²) in [6.45, 7) is 1.86. The molecule has 23 heavy (non-hydrogen) atoms. The molecule has 2 aromatic heterocycles. The molecule has 0 radical (unpaired) electrons. The fraction of sp³-hybridized carbons (Fsp3) is 0.278. The molecule has 0 saturated carbocycles. The van der Waals surface area contributed by atoms with Crippen LogP contribution in [0.15, 0.2) is 36.4 Å². The van der Waals surface area contributed by atoms with Crippen LogP contribution in [0.5, 0.6) is 0 Å². The summed E-state index contributed by atoms with van der Waals surface area (Å²) in [6, 6.07) is 9.90. The van der Waals surface area contributed by atoms with Gasteiger partial charge >= 0.3 is 0 Å². The lowest BCUT2D eigenvalue weighted by molar-refractivity contribution is 0.555. The molecular formula is C18H17F2N3. The standard InChI is InChI=1S/C18H17F2N3/c19-13-5-4-12-10-16(21-15(12)11-13)14-6-7-17(22-18(14)20)23-8-2-1-3-9-23/h4-7,10-11,21H,1-3,8-9H2. The number of hydrogen-bond acceptors (Lipinski definition) is 2. The smallest absolute Gasteiger partial charge is 0.224 e. The number of anilines is 1. The van der Waals surface area contributed by atoms with Crippen molar-refractivity contribution in [1.82, 2.24) is 9.97 Å². The van der Waals surface area contributed by atoms with Gasteiger partial charge in [0.05, 0.1) is 11.3 Å². The van der Waals surface area contributed by atoms with Crippen molar-refractivity contribution in [1.29, 1.82) is 0 Å². The Morgan fingerprint density at radius 2 is 1.78 bits per heavy atom. The van der Waals surface area contributed by atoms with Crippen molar-refractivity contribution in [2.75, 3.05) is 18.0 Å². The monoisotopic (exact) mass is 313 g/mol. The van der Waals surface area contributed by atoms with Gasteiger partial charge in [0.15, 0.2) is 0 Å². The van der Waals surface area contributed by atoms with Crippen molar-refractivity contribution in [2.45, 2.75) is 19.3 Å². The third kappa shape index (κ3) is 2.67. The molecule has 0 bridgehead atoms. The van der Waals surface area contributed by atoms with Crippen LogP contribution in [0, 0.1) is 11.8 Å². The van der Waals surface area contributed by atoms with Crippen LogP contribution >= 0.6 is 0 Å². The minimum absolute atomic E-state index is 0.315. The molecule has 3 nitrogen and oxygen atoms in total. The van der Waals surface area contributed by atoms with E-state index in [9.17, 15) is 8.78 Å². The SMILES string of the molecule is Fc1ccc2cc(-c3ccc(N4CCCCC4)nc3F)[nH]c2c1. The average Bonchev–Trinajstić information content (AvgIpc) is 2.98. The number of hydrogen-bond donors (Lipinski definition) is 1. The number of H-pyrrole nitrogens is 1. The highest BCUT2D eigenvalue weighted by atomic mass is 19.1. The molecule has 4 rings (SSSR count). The number of pyridine rings is 1. The summed E-state index contributed by atoms with van der Waals surface area (Å²) < 4.78 is 27.7. The zero-order chi connectivity index (χ0) is 15.8. The summed E-state index contributed by atoms with van der Waals surface area (Å²) in [5.41, 5.74) is 1.67. The second kappa shape index (κ2) is 5.65. The van der Waals surface area contributed by atoms with E-state index >= 15 is 0 Å². The second-order valence-corrected chi connectivity index (χ2v) is 5.97. The topological polar surface area (TPSA) is 31.9 Å². The van der Waals surface area contributed by atoms with E-state index in [1.165, 1.54) is 18.6 Å².